The lowest BCUT2D eigenvalue weighted by Gasteiger charge is -2.20. The minimum absolute atomic E-state index is 0.109. The molecule has 0 aliphatic carbocycles. The van der Waals surface area contributed by atoms with E-state index in [-0.39, 0.29) is 5.78 Å². The average Bonchev–Trinajstić information content (AvgIpc) is 2.70. The van der Waals surface area contributed by atoms with Gasteiger partial charge in [-0.3, -0.25) is 4.79 Å². The Hall–Kier alpha value is -2.35. The van der Waals surface area contributed by atoms with Gasteiger partial charge in [-0.25, -0.2) is 0 Å². The zero-order chi connectivity index (χ0) is 15.7. The normalized spacial score (nSPS) is 13.7. The van der Waals surface area contributed by atoms with Gasteiger partial charge in [-0.05, 0) is 50.0 Å². The highest BCUT2D eigenvalue weighted by atomic mass is 16.1. The fraction of sp³-hybridized carbons (Fsp3) is 0.250. The van der Waals surface area contributed by atoms with Crippen molar-refractivity contribution >= 4 is 17.0 Å². The predicted octanol–water partition coefficient (Wildman–Crippen LogP) is 5.08. The van der Waals surface area contributed by atoms with Crippen LogP contribution in [0.25, 0.3) is 16.7 Å². The quantitative estimate of drug-likeness (QED) is 0.781. The van der Waals surface area contributed by atoms with Crippen LogP contribution >= 0.6 is 0 Å². The van der Waals surface area contributed by atoms with Crippen LogP contribution in [0.3, 0.4) is 0 Å². The Bertz CT molecular complexity index is 757. The molecule has 2 aromatic carbocycles. The van der Waals surface area contributed by atoms with E-state index in [4.69, 9.17) is 0 Å². The van der Waals surface area contributed by atoms with Gasteiger partial charge in [0.2, 0.25) is 0 Å². The Morgan fingerprint density at radius 1 is 1.09 bits per heavy atom. The summed E-state index contributed by atoms with van der Waals surface area (Å²) in [5.41, 5.74) is 7.69. The number of carbonyl (C=O) groups excluding carboxylic acids is 1. The zero-order valence-electron chi connectivity index (χ0n) is 13.4. The van der Waals surface area contributed by atoms with Crippen molar-refractivity contribution in [2.24, 2.45) is 0 Å². The van der Waals surface area contributed by atoms with Crippen LogP contribution in [0.5, 0.6) is 0 Å². The maximum Gasteiger partial charge on any atom is 0.160 e. The molecular weight excluding hydrogens is 270 g/mol. The third kappa shape index (κ3) is 2.45. The first-order chi connectivity index (χ1) is 10.6. The van der Waals surface area contributed by atoms with Gasteiger partial charge in [-0.15, -0.1) is 0 Å². The third-order valence-corrected chi connectivity index (χ3v) is 4.26. The van der Waals surface area contributed by atoms with E-state index in [1.165, 1.54) is 11.1 Å². The van der Waals surface area contributed by atoms with E-state index in [2.05, 4.69) is 37.4 Å². The topological polar surface area (TPSA) is 29.1 Å². The summed E-state index contributed by atoms with van der Waals surface area (Å²) in [7, 11) is 0. The van der Waals surface area contributed by atoms with Gasteiger partial charge in [-0.1, -0.05) is 36.4 Å². The number of hydrogen-bond acceptors (Lipinski definition) is 2. The number of hydrogen-bond donors (Lipinski definition) is 1. The molecule has 1 heterocycles. The lowest BCUT2D eigenvalue weighted by Crippen LogP contribution is -2.08. The Morgan fingerprint density at radius 3 is 2.50 bits per heavy atom. The van der Waals surface area contributed by atoms with E-state index < -0.39 is 0 Å². The molecule has 0 aromatic heterocycles. The van der Waals surface area contributed by atoms with Crippen LogP contribution in [-0.2, 0) is 0 Å². The minimum Gasteiger partial charge on any atom is -0.384 e. The minimum atomic E-state index is 0.109. The average molecular weight is 291 g/mol. The molecule has 0 radical (unpaired) electrons. The second-order valence-electron chi connectivity index (χ2n) is 5.89. The zero-order valence-corrected chi connectivity index (χ0v) is 13.4. The molecule has 0 atom stereocenters. The van der Waals surface area contributed by atoms with Crippen LogP contribution in [-0.4, -0.2) is 12.3 Å². The van der Waals surface area contributed by atoms with E-state index in [1.54, 1.807) is 6.92 Å². The van der Waals surface area contributed by atoms with Crippen molar-refractivity contribution in [3.8, 4) is 11.1 Å². The number of aryl methyl sites for hydroxylation is 1. The molecule has 3 rings (SSSR count). The molecule has 0 unspecified atom stereocenters. The fourth-order valence-electron chi connectivity index (χ4n) is 3.27. The molecule has 1 aliphatic heterocycles. The second-order valence-corrected chi connectivity index (χ2v) is 5.89. The predicted molar refractivity (Wildman–Crippen MR) is 93.4 cm³/mol. The van der Waals surface area contributed by atoms with E-state index in [0.29, 0.717) is 0 Å². The lowest BCUT2D eigenvalue weighted by atomic mass is 9.88. The Balaban J connectivity index is 2.38. The SMILES string of the molecule is CC(=O)c1cc(C)c2c(c1-c1ccccc1)NCCC=C2C. The van der Waals surface area contributed by atoms with E-state index in [0.717, 1.165) is 40.9 Å². The van der Waals surface area contributed by atoms with E-state index >= 15 is 0 Å². The first-order valence-electron chi connectivity index (χ1n) is 7.74. The second kappa shape index (κ2) is 5.80. The molecule has 0 spiro atoms. The highest BCUT2D eigenvalue weighted by Gasteiger charge is 2.21. The van der Waals surface area contributed by atoms with Crippen LogP contribution in [0.15, 0.2) is 42.5 Å². The van der Waals surface area contributed by atoms with Gasteiger partial charge < -0.3 is 5.32 Å². The largest absolute Gasteiger partial charge is 0.384 e. The number of fused-ring (bicyclic) bond motifs is 1. The molecule has 112 valence electrons. The Labute approximate surface area is 131 Å². The number of Topliss-reactive ketones (excluding diaryl/α,β-unsaturated/α-hetero) is 1. The van der Waals surface area contributed by atoms with Crippen LogP contribution < -0.4 is 5.32 Å². The summed E-state index contributed by atoms with van der Waals surface area (Å²) in [5.74, 6) is 0.109. The summed E-state index contributed by atoms with van der Waals surface area (Å²) < 4.78 is 0. The number of nitrogens with one attached hydrogen (secondary N) is 1. The Morgan fingerprint density at radius 2 is 1.82 bits per heavy atom. The first-order valence-corrected chi connectivity index (χ1v) is 7.74. The van der Waals surface area contributed by atoms with Crippen molar-refractivity contribution in [3.05, 3.63) is 59.2 Å². The number of rotatable bonds is 2. The molecule has 0 saturated heterocycles. The maximum atomic E-state index is 12.2. The van der Waals surface area contributed by atoms with E-state index in [1.807, 2.05) is 24.3 Å². The van der Waals surface area contributed by atoms with Gasteiger partial charge in [0.25, 0.3) is 0 Å². The van der Waals surface area contributed by atoms with Gasteiger partial charge >= 0.3 is 0 Å². The molecule has 2 aromatic rings. The molecule has 1 N–H and O–H groups in total. The van der Waals surface area contributed by atoms with Crippen LogP contribution in [0.4, 0.5) is 5.69 Å². The summed E-state index contributed by atoms with van der Waals surface area (Å²) in [6.45, 7) is 6.78. The maximum absolute atomic E-state index is 12.2. The summed E-state index contributed by atoms with van der Waals surface area (Å²) in [6, 6.07) is 12.2. The van der Waals surface area contributed by atoms with Crippen molar-refractivity contribution in [1.82, 2.24) is 0 Å². The van der Waals surface area contributed by atoms with Gasteiger partial charge in [0, 0.05) is 23.2 Å². The van der Waals surface area contributed by atoms with Gasteiger partial charge in [-0.2, -0.15) is 0 Å². The summed E-state index contributed by atoms with van der Waals surface area (Å²) in [4.78, 5) is 12.2. The number of benzene rings is 2. The van der Waals surface area contributed by atoms with Crippen molar-refractivity contribution in [2.45, 2.75) is 27.2 Å². The molecule has 1 aliphatic rings. The van der Waals surface area contributed by atoms with Crippen LogP contribution in [0.2, 0.25) is 0 Å². The van der Waals surface area contributed by atoms with Gasteiger partial charge in [0.15, 0.2) is 5.78 Å². The summed E-state index contributed by atoms with van der Waals surface area (Å²) in [6.07, 6.45) is 3.28. The van der Waals surface area contributed by atoms with Crippen molar-refractivity contribution in [1.29, 1.82) is 0 Å². The van der Waals surface area contributed by atoms with Crippen molar-refractivity contribution in [3.63, 3.8) is 0 Å². The third-order valence-electron chi connectivity index (χ3n) is 4.26. The van der Waals surface area contributed by atoms with Crippen molar-refractivity contribution < 1.29 is 4.79 Å². The molecule has 2 nitrogen and oxygen atoms in total. The molecule has 22 heavy (non-hydrogen) atoms. The number of ketones is 1. The standard InChI is InChI=1S/C20H21NO/c1-13-8-7-11-21-20-18(13)14(2)12-17(15(3)22)19(20)16-9-5-4-6-10-16/h4-6,8-10,12,21H,7,11H2,1-3H3. The highest BCUT2D eigenvalue weighted by molar-refractivity contribution is 6.06. The molecular formula is C20H21NO. The summed E-state index contributed by atoms with van der Waals surface area (Å²) in [5, 5.41) is 3.55. The number of anilines is 1. The molecule has 0 amide bonds. The highest BCUT2D eigenvalue weighted by Crippen LogP contribution is 2.40. The smallest absolute Gasteiger partial charge is 0.160 e. The van der Waals surface area contributed by atoms with Gasteiger partial charge in [0.1, 0.15) is 0 Å². The summed E-state index contributed by atoms with van der Waals surface area (Å²) >= 11 is 0. The molecule has 0 bridgehead atoms. The first kappa shape index (κ1) is 14.6. The lowest BCUT2D eigenvalue weighted by molar-refractivity contribution is 0.101. The fourth-order valence-corrected chi connectivity index (χ4v) is 3.27. The monoisotopic (exact) mass is 291 g/mol. The number of allylic oxidation sites excluding steroid dienone is 1. The van der Waals surface area contributed by atoms with Crippen molar-refractivity contribution in [2.75, 3.05) is 11.9 Å². The van der Waals surface area contributed by atoms with Crippen LogP contribution in [0.1, 0.15) is 41.8 Å². The van der Waals surface area contributed by atoms with Gasteiger partial charge in [0.05, 0.1) is 5.69 Å². The Kier molecular flexibility index (Phi) is 3.84. The van der Waals surface area contributed by atoms with E-state index in [9.17, 15) is 4.79 Å². The number of carbonyl (C=O) groups is 1. The molecule has 0 fully saturated rings. The van der Waals surface area contributed by atoms with Crippen LogP contribution in [0, 0.1) is 6.92 Å². The molecule has 2 heteroatoms. The molecule has 0 saturated carbocycles.